The van der Waals surface area contributed by atoms with Gasteiger partial charge in [-0.3, -0.25) is 4.99 Å². The van der Waals surface area contributed by atoms with E-state index in [-0.39, 0.29) is 0 Å². The molecule has 0 saturated carbocycles. The zero-order valence-electron chi connectivity index (χ0n) is 15.4. The standard InChI is InChI=1S/C21H25N5/c1-5-14-10-19-16(8-13(2)25-19)9-17(14)20-11-15(6-7-23-3)18(12-24-4)21(22)26-20/h6,9-12,23,25H,2,4-5,7-8H2,1,3H3,(H2,22,26)/b15-6-,18-12+. The maximum atomic E-state index is 6.25. The van der Waals surface area contributed by atoms with Gasteiger partial charge in [-0.05, 0) is 54.7 Å². The van der Waals surface area contributed by atoms with Crippen LogP contribution in [0.3, 0.4) is 0 Å². The first-order chi connectivity index (χ1) is 12.6. The van der Waals surface area contributed by atoms with Gasteiger partial charge < -0.3 is 16.4 Å². The number of aryl methyl sites for hydroxylation is 1. The maximum absolute atomic E-state index is 6.25. The molecule has 1 aliphatic rings. The molecule has 0 bridgehead atoms. The summed E-state index contributed by atoms with van der Waals surface area (Å²) in [5.41, 5.74) is 12.9. The predicted octanol–water partition coefficient (Wildman–Crippen LogP) is 1.81. The average molecular weight is 347 g/mol. The molecule has 26 heavy (non-hydrogen) atoms. The minimum Gasteiger partial charge on any atom is -0.383 e. The van der Waals surface area contributed by atoms with Gasteiger partial charge in [0, 0.05) is 41.3 Å². The first-order valence-corrected chi connectivity index (χ1v) is 8.75. The number of anilines is 2. The van der Waals surface area contributed by atoms with E-state index >= 15 is 0 Å². The van der Waals surface area contributed by atoms with E-state index in [1.165, 1.54) is 11.1 Å². The van der Waals surface area contributed by atoms with Gasteiger partial charge in [-0.2, -0.15) is 0 Å². The summed E-state index contributed by atoms with van der Waals surface area (Å²) < 4.78 is 0. The lowest BCUT2D eigenvalue weighted by Gasteiger charge is -2.12. The fourth-order valence-corrected chi connectivity index (χ4v) is 3.29. The van der Waals surface area contributed by atoms with Crippen molar-refractivity contribution in [2.75, 3.05) is 24.6 Å². The Morgan fingerprint density at radius 1 is 1.38 bits per heavy atom. The Kier molecular flexibility index (Phi) is 5.19. The highest BCUT2D eigenvalue weighted by atomic mass is 14.9. The van der Waals surface area contributed by atoms with E-state index in [2.05, 4.69) is 65.1 Å². The number of pyridine rings is 1. The van der Waals surface area contributed by atoms with Crippen LogP contribution in [0, 0.1) is 0 Å². The van der Waals surface area contributed by atoms with Crippen LogP contribution in [0.15, 0.2) is 35.5 Å². The lowest BCUT2D eigenvalue weighted by Crippen LogP contribution is -2.30. The van der Waals surface area contributed by atoms with E-state index in [1.54, 1.807) is 6.20 Å². The number of allylic oxidation sites excluding steroid dienone is 1. The fourth-order valence-electron chi connectivity index (χ4n) is 3.29. The van der Waals surface area contributed by atoms with Crippen molar-refractivity contribution in [1.82, 2.24) is 10.3 Å². The second-order valence-electron chi connectivity index (χ2n) is 6.39. The third-order valence-corrected chi connectivity index (χ3v) is 4.57. The van der Waals surface area contributed by atoms with E-state index in [0.29, 0.717) is 5.82 Å². The molecular formula is C21H25N5. The van der Waals surface area contributed by atoms with Crippen LogP contribution in [0.4, 0.5) is 11.5 Å². The summed E-state index contributed by atoms with van der Waals surface area (Å²) in [6.07, 6.45) is 5.49. The topological polar surface area (TPSA) is 75.3 Å². The molecule has 0 saturated heterocycles. The fraction of sp³-hybridized carbons (Fsp3) is 0.238. The Hall–Kier alpha value is -2.92. The maximum Gasteiger partial charge on any atom is 0.133 e. The van der Waals surface area contributed by atoms with Crippen molar-refractivity contribution in [2.45, 2.75) is 19.8 Å². The van der Waals surface area contributed by atoms with Crippen LogP contribution in [0.1, 0.15) is 18.1 Å². The molecule has 2 aromatic rings. The van der Waals surface area contributed by atoms with Gasteiger partial charge in [0.05, 0.1) is 5.69 Å². The van der Waals surface area contributed by atoms with Crippen LogP contribution < -0.4 is 26.8 Å². The number of hydrogen-bond acceptors (Lipinski definition) is 5. The Morgan fingerprint density at radius 2 is 2.19 bits per heavy atom. The van der Waals surface area contributed by atoms with Crippen molar-refractivity contribution in [2.24, 2.45) is 4.99 Å². The van der Waals surface area contributed by atoms with Crippen LogP contribution >= 0.6 is 0 Å². The second-order valence-corrected chi connectivity index (χ2v) is 6.39. The van der Waals surface area contributed by atoms with Gasteiger partial charge in [0.15, 0.2) is 0 Å². The molecule has 3 rings (SSSR count). The molecule has 1 aromatic carbocycles. The van der Waals surface area contributed by atoms with Gasteiger partial charge >= 0.3 is 0 Å². The number of aliphatic imine (C=N–C) groups is 1. The number of fused-ring (bicyclic) bond motifs is 1. The highest BCUT2D eigenvalue weighted by Crippen LogP contribution is 2.34. The third kappa shape index (κ3) is 3.39. The number of benzene rings is 1. The normalized spacial score (nSPS) is 14.5. The predicted molar refractivity (Wildman–Crippen MR) is 112 cm³/mol. The van der Waals surface area contributed by atoms with Crippen molar-refractivity contribution in [3.05, 3.63) is 52.0 Å². The first kappa shape index (κ1) is 17.9. The first-order valence-electron chi connectivity index (χ1n) is 8.75. The third-order valence-electron chi connectivity index (χ3n) is 4.57. The molecule has 134 valence electrons. The van der Waals surface area contributed by atoms with Crippen LogP contribution in [0.25, 0.3) is 23.5 Å². The highest BCUT2D eigenvalue weighted by Gasteiger charge is 2.17. The van der Waals surface area contributed by atoms with Gasteiger partial charge in [0.1, 0.15) is 5.82 Å². The van der Waals surface area contributed by atoms with Crippen molar-refractivity contribution in [3.63, 3.8) is 0 Å². The quantitative estimate of drug-likeness (QED) is 0.721. The summed E-state index contributed by atoms with van der Waals surface area (Å²) in [5, 5.41) is 8.28. The smallest absolute Gasteiger partial charge is 0.133 e. The number of aromatic nitrogens is 1. The lowest BCUT2D eigenvalue weighted by atomic mass is 9.97. The van der Waals surface area contributed by atoms with Crippen molar-refractivity contribution in [3.8, 4) is 11.3 Å². The summed E-state index contributed by atoms with van der Waals surface area (Å²) in [6, 6.07) is 6.48. The Balaban J connectivity index is 2.24. The molecule has 1 aliphatic heterocycles. The SMILES string of the molecule is C=N/C=c1/c(N)nc(-c2cc3c(cc2CC)NC(=C)C3)c/c1=C/CNC. The summed E-state index contributed by atoms with van der Waals surface area (Å²) in [6.45, 7) is 10.5. The van der Waals surface area contributed by atoms with E-state index in [9.17, 15) is 0 Å². The van der Waals surface area contributed by atoms with E-state index in [1.807, 2.05) is 7.05 Å². The van der Waals surface area contributed by atoms with E-state index < -0.39 is 0 Å². The Bertz CT molecular complexity index is 988. The summed E-state index contributed by atoms with van der Waals surface area (Å²) >= 11 is 0. The molecule has 0 fully saturated rings. The number of rotatable bonds is 5. The molecule has 0 aliphatic carbocycles. The van der Waals surface area contributed by atoms with E-state index in [0.717, 1.165) is 52.5 Å². The summed E-state index contributed by atoms with van der Waals surface area (Å²) in [5.74, 6) is 0.460. The number of nitrogens with zero attached hydrogens (tertiary/aromatic N) is 2. The van der Waals surface area contributed by atoms with Crippen molar-refractivity contribution in [1.29, 1.82) is 0 Å². The number of nitrogens with one attached hydrogen (secondary N) is 2. The molecule has 0 atom stereocenters. The summed E-state index contributed by atoms with van der Waals surface area (Å²) in [4.78, 5) is 8.53. The number of nitrogens with two attached hydrogens (primary N) is 1. The van der Waals surface area contributed by atoms with Gasteiger partial charge in [0.2, 0.25) is 0 Å². The summed E-state index contributed by atoms with van der Waals surface area (Å²) in [7, 11) is 1.91. The second kappa shape index (κ2) is 7.54. The minimum atomic E-state index is 0.460. The van der Waals surface area contributed by atoms with Crippen LogP contribution in [-0.2, 0) is 12.8 Å². The van der Waals surface area contributed by atoms with Crippen molar-refractivity contribution >= 4 is 30.5 Å². The van der Waals surface area contributed by atoms with Crippen LogP contribution in [0.5, 0.6) is 0 Å². The molecule has 0 unspecified atom stereocenters. The average Bonchev–Trinajstić information content (AvgIpc) is 2.99. The zero-order valence-corrected chi connectivity index (χ0v) is 15.4. The number of nitrogen functional groups attached to an aromatic ring is 1. The van der Waals surface area contributed by atoms with Gasteiger partial charge in [-0.1, -0.05) is 19.6 Å². The molecule has 5 heteroatoms. The molecule has 0 amide bonds. The van der Waals surface area contributed by atoms with Gasteiger partial charge in [-0.25, -0.2) is 4.98 Å². The lowest BCUT2D eigenvalue weighted by molar-refractivity contribution is 0.944. The molecule has 1 aromatic heterocycles. The minimum absolute atomic E-state index is 0.460. The number of hydrogen-bond donors (Lipinski definition) is 3. The Morgan fingerprint density at radius 3 is 2.88 bits per heavy atom. The van der Waals surface area contributed by atoms with Gasteiger partial charge in [-0.15, -0.1) is 0 Å². The monoisotopic (exact) mass is 347 g/mol. The zero-order chi connectivity index (χ0) is 18.7. The molecular weight excluding hydrogens is 322 g/mol. The molecule has 5 nitrogen and oxygen atoms in total. The molecule has 0 radical (unpaired) electrons. The van der Waals surface area contributed by atoms with E-state index in [4.69, 9.17) is 5.73 Å². The Labute approximate surface area is 154 Å². The van der Waals surface area contributed by atoms with Crippen molar-refractivity contribution < 1.29 is 0 Å². The van der Waals surface area contributed by atoms with Gasteiger partial charge in [0.25, 0.3) is 0 Å². The molecule has 0 spiro atoms. The highest BCUT2D eigenvalue weighted by molar-refractivity contribution is 5.74. The largest absolute Gasteiger partial charge is 0.383 e. The van der Waals surface area contributed by atoms with Crippen LogP contribution in [0.2, 0.25) is 0 Å². The van der Waals surface area contributed by atoms with Crippen LogP contribution in [-0.4, -0.2) is 25.3 Å². The molecule has 4 N–H and O–H groups in total. The molecule has 2 heterocycles.